The highest BCUT2D eigenvalue weighted by molar-refractivity contribution is 5.25. The van der Waals surface area contributed by atoms with E-state index >= 15 is 0 Å². The van der Waals surface area contributed by atoms with E-state index in [0.717, 1.165) is 13.0 Å². The molecule has 11 heavy (non-hydrogen) atoms. The topological polar surface area (TPSA) is 3.24 Å². The molecule has 0 atom stereocenters. The Kier molecular flexibility index (Phi) is 3.37. The highest BCUT2D eigenvalue weighted by Crippen LogP contribution is 2.13. The molecule has 0 bridgehead atoms. The number of hydrogen-bond acceptors (Lipinski definition) is 1. The van der Waals surface area contributed by atoms with Crippen molar-refractivity contribution < 1.29 is 0 Å². The third-order valence-electron chi connectivity index (χ3n) is 1.81. The molecule has 61 valence electrons. The highest BCUT2D eigenvalue weighted by atomic mass is 15.0. The van der Waals surface area contributed by atoms with Gasteiger partial charge in [0, 0.05) is 6.54 Å². The molecule has 1 nitrogen and oxygen atoms in total. The van der Waals surface area contributed by atoms with Crippen molar-refractivity contribution in [3.8, 4) is 0 Å². The molecule has 0 heterocycles. The van der Waals surface area contributed by atoms with Gasteiger partial charge in [-0.15, -0.1) is 0 Å². The first-order valence-electron chi connectivity index (χ1n) is 4.12. The zero-order valence-corrected chi connectivity index (χ0v) is 7.38. The molecule has 0 fully saturated rings. The van der Waals surface area contributed by atoms with Crippen molar-refractivity contribution in [3.63, 3.8) is 0 Å². The quantitative estimate of drug-likeness (QED) is 0.595. The minimum atomic E-state index is 1.11. The van der Waals surface area contributed by atoms with Crippen LogP contribution >= 0.6 is 0 Å². The summed E-state index contributed by atoms with van der Waals surface area (Å²) in [5, 5.41) is 0. The summed E-state index contributed by atoms with van der Waals surface area (Å²) in [6.45, 7) is 1.15. The second-order valence-corrected chi connectivity index (χ2v) is 3.16. The van der Waals surface area contributed by atoms with Crippen LogP contribution in [0.15, 0.2) is 23.8 Å². The molecule has 0 saturated heterocycles. The summed E-state index contributed by atoms with van der Waals surface area (Å²) in [5.74, 6) is 0. The van der Waals surface area contributed by atoms with E-state index in [1.807, 2.05) is 0 Å². The fourth-order valence-electron chi connectivity index (χ4n) is 1.10. The fourth-order valence-corrected chi connectivity index (χ4v) is 1.10. The molecular formula is C10H16N. The molecule has 0 saturated carbocycles. The molecule has 1 radical (unpaired) electrons. The molecule has 0 amide bonds. The van der Waals surface area contributed by atoms with E-state index in [0.29, 0.717) is 0 Å². The predicted octanol–water partition coefficient (Wildman–Crippen LogP) is 2.03. The van der Waals surface area contributed by atoms with Gasteiger partial charge in [0.05, 0.1) is 0 Å². The van der Waals surface area contributed by atoms with Crippen LogP contribution in [0.4, 0.5) is 0 Å². The Morgan fingerprint density at radius 2 is 2.27 bits per heavy atom. The van der Waals surface area contributed by atoms with Crippen LogP contribution in [-0.2, 0) is 0 Å². The van der Waals surface area contributed by atoms with Gasteiger partial charge in [-0.25, -0.2) is 0 Å². The number of nitrogens with zero attached hydrogens (tertiary/aromatic N) is 1. The number of hydrogen-bond donors (Lipinski definition) is 0. The molecule has 0 aliphatic heterocycles. The minimum Gasteiger partial charge on any atom is -0.309 e. The Hall–Kier alpha value is -0.560. The first kappa shape index (κ1) is 8.54. The van der Waals surface area contributed by atoms with E-state index in [9.17, 15) is 0 Å². The molecule has 1 aliphatic rings. The van der Waals surface area contributed by atoms with Crippen LogP contribution < -0.4 is 0 Å². The van der Waals surface area contributed by atoms with E-state index in [2.05, 4.69) is 43.6 Å². The lowest BCUT2D eigenvalue weighted by Crippen LogP contribution is -2.13. The maximum absolute atomic E-state index is 2.30. The summed E-state index contributed by atoms with van der Waals surface area (Å²) in [6.07, 6.45) is 11.1. The molecule has 0 aromatic heterocycles. The van der Waals surface area contributed by atoms with Crippen molar-refractivity contribution in [2.24, 2.45) is 0 Å². The summed E-state index contributed by atoms with van der Waals surface area (Å²) in [4.78, 5) is 2.22. The Balaban J connectivity index is 2.25. The normalized spacial score (nSPS) is 17.2. The Morgan fingerprint density at radius 3 is 2.82 bits per heavy atom. The second-order valence-electron chi connectivity index (χ2n) is 3.16. The molecule has 1 heteroatoms. The summed E-state index contributed by atoms with van der Waals surface area (Å²) in [5.41, 5.74) is 1.47. The lowest BCUT2D eigenvalue weighted by Gasteiger charge is -2.12. The summed E-state index contributed by atoms with van der Waals surface area (Å²) in [7, 11) is 4.22. The van der Waals surface area contributed by atoms with Crippen LogP contribution in [0.25, 0.3) is 0 Å². The van der Waals surface area contributed by atoms with E-state index in [1.54, 1.807) is 0 Å². The number of allylic oxidation sites excluding steroid dienone is 3. The SMILES string of the molecule is CN(C)CCC1=CC=CC[CH]1. The van der Waals surface area contributed by atoms with Crippen LogP contribution in [0.5, 0.6) is 0 Å². The molecule has 0 aromatic rings. The smallest absolute Gasteiger partial charge is 0.00127 e. The third kappa shape index (κ3) is 3.38. The van der Waals surface area contributed by atoms with Crippen molar-refractivity contribution in [2.45, 2.75) is 12.8 Å². The van der Waals surface area contributed by atoms with Crippen molar-refractivity contribution in [2.75, 3.05) is 20.6 Å². The number of rotatable bonds is 3. The van der Waals surface area contributed by atoms with Gasteiger partial charge in [-0.1, -0.05) is 23.8 Å². The first-order valence-corrected chi connectivity index (χ1v) is 4.12. The van der Waals surface area contributed by atoms with Crippen molar-refractivity contribution >= 4 is 0 Å². The van der Waals surface area contributed by atoms with Gasteiger partial charge in [0.1, 0.15) is 0 Å². The highest BCUT2D eigenvalue weighted by Gasteiger charge is 1.99. The average Bonchev–Trinajstić information content (AvgIpc) is 2.03. The standard InChI is InChI=1S/C10H16N/c1-11(2)9-8-10-6-4-3-5-7-10/h3-4,6-7H,5,8-9H2,1-2H3. The van der Waals surface area contributed by atoms with Crippen LogP contribution in [-0.4, -0.2) is 25.5 Å². The predicted molar refractivity (Wildman–Crippen MR) is 49.3 cm³/mol. The Labute approximate surface area is 69.4 Å². The van der Waals surface area contributed by atoms with Gasteiger partial charge in [-0.3, -0.25) is 0 Å². The average molecular weight is 150 g/mol. The first-order chi connectivity index (χ1) is 5.29. The molecule has 1 rings (SSSR count). The van der Waals surface area contributed by atoms with Gasteiger partial charge >= 0.3 is 0 Å². The van der Waals surface area contributed by atoms with E-state index in [4.69, 9.17) is 0 Å². The molecule has 0 aromatic carbocycles. The summed E-state index contributed by atoms with van der Waals surface area (Å²) >= 11 is 0. The largest absolute Gasteiger partial charge is 0.309 e. The second kappa shape index (κ2) is 4.35. The molecular weight excluding hydrogens is 134 g/mol. The fraction of sp³-hybridized carbons (Fsp3) is 0.500. The summed E-state index contributed by atoms with van der Waals surface area (Å²) in [6, 6.07) is 0. The monoisotopic (exact) mass is 150 g/mol. The lowest BCUT2D eigenvalue weighted by atomic mass is 10.0. The zero-order chi connectivity index (χ0) is 8.10. The molecule has 0 spiro atoms. The van der Waals surface area contributed by atoms with E-state index in [1.165, 1.54) is 12.0 Å². The van der Waals surface area contributed by atoms with Crippen molar-refractivity contribution in [1.29, 1.82) is 0 Å². The van der Waals surface area contributed by atoms with Gasteiger partial charge in [-0.05, 0) is 33.4 Å². The Morgan fingerprint density at radius 1 is 1.45 bits per heavy atom. The van der Waals surface area contributed by atoms with Gasteiger partial charge in [0.25, 0.3) is 0 Å². The van der Waals surface area contributed by atoms with Crippen LogP contribution in [0.1, 0.15) is 12.8 Å². The molecule has 0 N–H and O–H groups in total. The third-order valence-corrected chi connectivity index (χ3v) is 1.81. The van der Waals surface area contributed by atoms with Gasteiger partial charge in [0.15, 0.2) is 0 Å². The van der Waals surface area contributed by atoms with E-state index in [-0.39, 0.29) is 0 Å². The molecule has 1 aliphatic carbocycles. The van der Waals surface area contributed by atoms with Crippen molar-refractivity contribution in [1.82, 2.24) is 4.90 Å². The minimum absolute atomic E-state index is 1.11. The van der Waals surface area contributed by atoms with Crippen LogP contribution in [0.2, 0.25) is 0 Å². The Bertz CT molecular complexity index is 166. The zero-order valence-electron chi connectivity index (χ0n) is 7.38. The molecule has 0 unspecified atom stereocenters. The maximum atomic E-state index is 2.30. The summed E-state index contributed by atoms with van der Waals surface area (Å²) < 4.78 is 0. The van der Waals surface area contributed by atoms with Crippen molar-refractivity contribution in [3.05, 3.63) is 30.2 Å². The van der Waals surface area contributed by atoms with Gasteiger partial charge in [0.2, 0.25) is 0 Å². The van der Waals surface area contributed by atoms with E-state index < -0.39 is 0 Å². The maximum Gasteiger partial charge on any atom is 0.00127 e. The van der Waals surface area contributed by atoms with Crippen LogP contribution in [0.3, 0.4) is 0 Å². The van der Waals surface area contributed by atoms with Gasteiger partial charge < -0.3 is 4.90 Å². The van der Waals surface area contributed by atoms with Crippen LogP contribution in [0, 0.1) is 6.42 Å². The van der Waals surface area contributed by atoms with Gasteiger partial charge in [-0.2, -0.15) is 0 Å². The lowest BCUT2D eigenvalue weighted by molar-refractivity contribution is 0.413.